The first-order valence-electron chi connectivity index (χ1n) is 30.3. The second-order valence-electron chi connectivity index (χ2n) is 21.2. The molecule has 0 unspecified atom stereocenters. The lowest BCUT2D eigenvalue weighted by molar-refractivity contribution is -0.833. The number of unbranched alkanes of at least 4 members (excludes halogenated alkanes) is 47. The number of aryl methyl sites for hydroxylation is 1. The van der Waals surface area contributed by atoms with Crippen molar-refractivity contribution in [3.63, 3.8) is 0 Å². The fraction of sp³-hybridized carbons (Fsp3) is 0.903. The Labute approximate surface area is 400 Å². The SMILES string of the molecule is CCCCCCCCCCCCCCCCCCCCc1ccc([NH+](CCCCCCCCCCCCCCCCCC)CCCCCCCCCCCCCCCCCC)cc1. The molecule has 0 aromatic heterocycles. The van der Waals surface area contributed by atoms with Crippen LogP contribution in [-0.4, -0.2) is 13.1 Å². The van der Waals surface area contributed by atoms with Gasteiger partial charge in [0.25, 0.3) is 0 Å². The maximum atomic E-state index is 2.51. The van der Waals surface area contributed by atoms with Gasteiger partial charge in [0.2, 0.25) is 0 Å². The Morgan fingerprint density at radius 1 is 0.222 bits per heavy atom. The van der Waals surface area contributed by atoms with Gasteiger partial charge in [-0.2, -0.15) is 0 Å². The van der Waals surface area contributed by atoms with Gasteiger partial charge in [-0.15, -0.1) is 0 Å². The molecule has 0 saturated heterocycles. The highest BCUT2D eigenvalue weighted by atomic mass is 15.1. The Morgan fingerprint density at radius 2 is 0.413 bits per heavy atom. The van der Waals surface area contributed by atoms with Gasteiger partial charge in [0, 0.05) is 0 Å². The predicted octanol–water partition coefficient (Wildman–Crippen LogP) is 21.3. The Balaban J connectivity index is 2.23. The zero-order chi connectivity index (χ0) is 45.0. The second kappa shape index (κ2) is 52.2. The van der Waals surface area contributed by atoms with Crippen LogP contribution >= 0.6 is 0 Å². The molecule has 372 valence electrons. The quantitative estimate of drug-likeness (QED) is 0.0622. The van der Waals surface area contributed by atoms with Crippen LogP contribution in [0.5, 0.6) is 0 Å². The smallest absolute Gasteiger partial charge is 0.131 e. The van der Waals surface area contributed by atoms with Crippen LogP contribution in [0.2, 0.25) is 0 Å². The van der Waals surface area contributed by atoms with Crippen molar-refractivity contribution in [2.45, 2.75) is 348 Å². The van der Waals surface area contributed by atoms with Crippen LogP contribution in [0.4, 0.5) is 5.69 Å². The maximum Gasteiger partial charge on any atom is 0.131 e. The highest BCUT2D eigenvalue weighted by molar-refractivity contribution is 5.32. The number of hydrogen-bond donors (Lipinski definition) is 1. The average molecular weight is 880 g/mol. The molecule has 0 aliphatic rings. The first-order valence-corrected chi connectivity index (χ1v) is 30.3. The minimum absolute atomic E-state index is 1.27. The van der Waals surface area contributed by atoms with Crippen LogP contribution in [-0.2, 0) is 6.42 Å². The summed E-state index contributed by atoms with van der Waals surface area (Å²) in [5, 5.41) is 0. The van der Waals surface area contributed by atoms with Gasteiger partial charge in [0.15, 0.2) is 0 Å². The highest BCUT2D eigenvalue weighted by Gasteiger charge is 2.12. The number of nitrogens with one attached hydrogen (secondary N) is 1. The van der Waals surface area contributed by atoms with Gasteiger partial charge < -0.3 is 4.90 Å². The Morgan fingerprint density at radius 3 is 0.635 bits per heavy atom. The lowest BCUT2D eigenvalue weighted by Crippen LogP contribution is -3.07. The zero-order valence-corrected chi connectivity index (χ0v) is 44.3. The summed E-state index contributed by atoms with van der Waals surface area (Å²) in [6.07, 6.45) is 74.0. The van der Waals surface area contributed by atoms with E-state index in [1.807, 2.05) is 0 Å². The van der Waals surface area contributed by atoms with E-state index in [0.717, 1.165) is 0 Å². The number of rotatable bonds is 54. The molecule has 0 aliphatic carbocycles. The van der Waals surface area contributed by atoms with Gasteiger partial charge in [-0.3, -0.25) is 0 Å². The van der Waals surface area contributed by atoms with E-state index in [-0.39, 0.29) is 0 Å². The van der Waals surface area contributed by atoms with Gasteiger partial charge in [0.05, 0.1) is 13.1 Å². The molecule has 1 nitrogen and oxygen atoms in total. The predicted molar refractivity (Wildman–Crippen MR) is 288 cm³/mol. The van der Waals surface area contributed by atoms with E-state index < -0.39 is 0 Å². The topological polar surface area (TPSA) is 4.44 Å². The van der Waals surface area contributed by atoms with Gasteiger partial charge >= 0.3 is 0 Å². The zero-order valence-electron chi connectivity index (χ0n) is 44.3. The summed E-state index contributed by atoms with van der Waals surface area (Å²) in [4.78, 5) is 1.77. The van der Waals surface area contributed by atoms with E-state index in [9.17, 15) is 0 Å². The van der Waals surface area contributed by atoms with Gasteiger partial charge in [-0.1, -0.05) is 322 Å². The third-order valence-electron chi connectivity index (χ3n) is 14.8. The molecule has 0 fully saturated rings. The third kappa shape index (κ3) is 44.8. The summed E-state index contributed by atoms with van der Waals surface area (Å²) in [5.74, 6) is 0. The monoisotopic (exact) mass is 879 g/mol. The minimum Gasteiger partial charge on any atom is -0.302 e. The molecule has 0 spiro atoms. The number of hydrogen-bond acceptors (Lipinski definition) is 0. The van der Waals surface area contributed by atoms with E-state index >= 15 is 0 Å². The fourth-order valence-corrected chi connectivity index (χ4v) is 10.3. The minimum atomic E-state index is 1.27. The molecule has 1 heteroatoms. The summed E-state index contributed by atoms with van der Waals surface area (Å²) in [6, 6.07) is 10.0. The van der Waals surface area contributed by atoms with Crippen LogP contribution < -0.4 is 4.90 Å². The van der Waals surface area contributed by atoms with Crippen molar-refractivity contribution in [3.05, 3.63) is 29.8 Å². The molecule has 0 amide bonds. The average Bonchev–Trinajstić information content (AvgIpc) is 3.30. The molecular weight excluding hydrogens is 759 g/mol. The number of benzene rings is 1. The molecule has 1 aromatic rings. The van der Waals surface area contributed by atoms with Gasteiger partial charge in [-0.25, -0.2) is 0 Å². The summed E-state index contributed by atoms with van der Waals surface area (Å²) in [6.45, 7) is 9.61. The van der Waals surface area contributed by atoms with Crippen molar-refractivity contribution in [1.82, 2.24) is 0 Å². The van der Waals surface area contributed by atoms with E-state index in [1.54, 1.807) is 16.2 Å². The highest BCUT2D eigenvalue weighted by Crippen LogP contribution is 2.18. The molecule has 63 heavy (non-hydrogen) atoms. The molecule has 0 radical (unpaired) electrons. The fourth-order valence-electron chi connectivity index (χ4n) is 10.3. The molecule has 0 atom stereocenters. The van der Waals surface area contributed by atoms with Crippen LogP contribution in [0.25, 0.3) is 0 Å². The van der Waals surface area contributed by atoms with Crippen molar-refractivity contribution >= 4 is 5.69 Å². The molecule has 0 aliphatic heterocycles. The normalized spacial score (nSPS) is 11.7. The Hall–Kier alpha value is -0.820. The van der Waals surface area contributed by atoms with Gasteiger partial charge in [-0.05, 0) is 56.2 Å². The van der Waals surface area contributed by atoms with Crippen LogP contribution in [0.3, 0.4) is 0 Å². The maximum absolute atomic E-state index is 2.51. The van der Waals surface area contributed by atoms with Crippen LogP contribution in [0, 0.1) is 0 Å². The molecular formula is C62H120N+. The Bertz CT molecular complexity index is 915. The summed E-state index contributed by atoms with van der Waals surface area (Å²) >= 11 is 0. The molecule has 0 heterocycles. The third-order valence-corrected chi connectivity index (χ3v) is 14.8. The lowest BCUT2D eigenvalue weighted by atomic mass is 10.0. The van der Waals surface area contributed by atoms with Crippen molar-refractivity contribution in [1.29, 1.82) is 0 Å². The summed E-state index contributed by atoms with van der Waals surface area (Å²) in [7, 11) is 0. The Kier molecular flexibility index (Phi) is 49.8. The first kappa shape index (κ1) is 60.2. The summed E-state index contributed by atoms with van der Waals surface area (Å²) < 4.78 is 0. The van der Waals surface area contributed by atoms with E-state index in [2.05, 4.69) is 45.0 Å². The van der Waals surface area contributed by atoms with Crippen molar-refractivity contribution in [2.75, 3.05) is 13.1 Å². The largest absolute Gasteiger partial charge is 0.302 e. The molecule has 0 bridgehead atoms. The molecule has 1 N–H and O–H groups in total. The van der Waals surface area contributed by atoms with Gasteiger partial charge in [0.1, 0.15) is 5.69 Å². The summed E-state index contributed by atoms with van der Waals surface area (Å²) in [5.41, 5.74) is 3.14. The molecule has 1 aromatic carbocycles. The van der Waals surface area contributed by atoms with Crippen LogP contribution in [0.1, 0.15) is 347 Å². The van der Waals surface area contributed by atoms with E-state index in [0.29, 0.717) is 0 Å². The van der Waals surface area contributed by atoms with Crippen molar-refractivity contribution in [3.8, 4) is 0 Å². The first-order chi connectivity index (χ1) is 31.3. The van der Waals surface area contributed by atoms with E-state index in [1.165, 1.54) is 341 Å². The van der Waals surface area contributed by atoms with Crippen molar-refractivity contribution in [2.24, 2.45) is 0 Å². The lowest BCUT2D eigenvalue weighted by Gasteiger charge is -2.20. The van der Waals surface area contributed by atoms with Crippen molar-refractivity contribution < 1.29 is 4.90 Å². The van der Waals surface area contributed by atoms with Crippen LogP contribution in [0.15, 0.2) is 24.3 Å². The molecule has 0 saturated carbocycles. The molecule has 1 rings (SSSR count). The second-order valence-corrected chi connectivity index (χ2v) is 21.2. The standard InChI is InChI=1S/C62H119N/c1-4-7-10-13-16-19-22-25-28-31-32-33-36-39-42-45-48-51-54-61-55-57-62(58-56-61)63(59-52-49-46-43-40-37-34-29-26-23-20-17-14-11-8-5-2)60-53-50-47-44-41-38-35-30-27-24-21-18-15-12-9-6-3/h55-58H,4-54,59-60H2,1-3H3/p+1. The van der Waals surface area contributed by atoms with E-state index in [4.69, 9.17) is 0 Å². The number of quaternary nitrogens is 1.